The maximum atomic E-state index is 14.2. The second-order valence-corrected chi connectivity index (χ2v) is 10.6. The first-order chi connectivity index (χ1) is 20.1. The molecule has 0 atom stereocenters. The van der Waals surface area contributed by atoms with Gasteiger partial charge >= 0.3 is 0 Å². The van der Waals surface area contributed by atoms with Crippen molar-refractivity contribution in [3.8, 4) is 45.6 Å². The van der Waals surface area contributed by atoms with E-state index in [1.165, 1.54) is 5.56 Å². The molecule has 0 spiro atoms. The number of fused-ring (bicyclic) bond motifs is 7. The molecule has 3 aromatic carbocycles. The lowest BCUT2D eigenvalue weighted by Gasteiger charge is -2.35. The highest BCUT2D eigenvalue weighted by Gasteiger charge is 2.39. The van der Waals surface area contributed by atoms with E-state index < -0.39 is 0 Å². The SMILES string of the molecule is COc1cc2c(c3c1OCO3)-c1c(cc(OC)c3c1OCO3)C(=O)N(CCN1CCN(Cc3ccccc3)CC1)C2. The van der Waals surface area contributed by atoms with Crippen LogP contribution in [0.2, 0.25) is 0 Å². The van der Waals surface area contributed by atoms with Crippen LogP contribution in [0.4, 0.5) is 0 Å². The number of hydrogen-bond acceptors (Lipinski definition) is 9. The van der Waals surface area contributed by atoms with E-state index >= 15 is 0 Å². The first kappa shape index (κ1) is 25.8. The second kappa shape index (κ2) is 10.7. The van der Waals surface area contributed by atoms with Gasteiger partial charge in [-0.05, 0) is 23.3 Å². The molecule has 1 saturated heterocycles. The maximum Gasteiger partial charge on any atom is 0.255 e. The fourth-order valence-electron chi connectivity index (χ4n) is 6.15. The van der Waals surface area contributed by atoms with Crippen molar-refractivity contribution in [1.29, 1.82) is 0 Å². The summed E-state index contributed by atoms with van der Waals surface area (Å²) in [6.45, 7) is 6.73. The van der Waals surface area contributed by atoms with Gasteiger partial charge in [-0.3, -0.25) is 14.6 Å². The number of ether oxygens (including phenoxy) is 6. The Morgan fingerprint density at radius 3 is 2.02 bits per heavy atom. The first-order valence-electron chi connectivity index (χ1n) is 13.9. The lowest BCUT2D eigenvalue weighted by molar-refractivity contribution is 0.0691. The third-order valence-corrected chi connectivity index (χ3v) is 8.27. The smallest absolute Gasteiger partial charge is 0.255 e. The summed E-state index contributed by atoms with van der Waals surface area (Å²) in [6, 6.07) is 14.3. The summed E-state index contributed by atoms with van der Waals surface area (Å²) in [7, 11) is 3.17. The summed E-state index contributed by atoms with van der Waals surface area (Å²) in [4.78, 5) is 21.0. The molecule has 214 valence electrons. The third-order valence-electron chi connectivity index (χ3n) is 8.27. The zero-order chi connectivity index (χ0) is 27.9. The van der Waals surface area contributed by atoms with Gasteiger partial charge in [-0.15, -0.1) is 0 Å². The predicted molar refractivity (Wildman–Crippen MR) is 150 cm³/mol. The molecule has 4 heterocycles. The third kappa shape index (κ3) is 4.57. The molecular formula is C31H33N3O7. The monoisotopic (exact) mass is 559 g/mol. The number of hydrogen-bond donors (Lipinski definition) is 0. The molecule has 0 saturated carbocycles. The Morgan fingerprint density at radius 2 is 1.34 bits per heavy atom. The molecule has 0 aromatic heterocycles. The Kier molecular flexibility index (Phi) is 6.72. The molecule has 4 aliphatic heterocycles. The number of amides is 1. The van der Waals surface area contributed by atoms with Crippen molar-refractivity contribution in [2.24, 2.45) is 0 Å². The number of piperazine rings is 1. The summed E-state index contributed by atoms with van der Waals surface area (Å²) in [6.07, 6.45) is 0. The van der Waals surface area contributed by atoms with Gasteiger partial charge in [0.15, 0.2) is 23.0 Å². The van der Waals surface area contributed by atoms with Gasteiger partial charge in [-0.1, -0.05) is 30.3 Å². The molecule has 0 unspecified atom stereocenters. The van der Waals surface area contributed by atoms with Crippen LogP contribution in [0.25, 0.3) is 11.1 Å². The molecule has 0 aliphatic carbocycles. The quantitative estimate of drug-likeness (QED) is 0.431. The van der Waals surface area contributed by atoms with Crippen molar-refractivity contribution in [1.82, 2.24) is 14.7 Å². The molecule has 10 heteroatoms. The van der Waals surface area contributed by atoms with Crippen LogP contribution in [0.3, 0.4) is 0 Å². The van der Waals surface area contributed by atoms with Crippen molar-refractivity contribution in [3.05, 3.63) is 59.2 Å². The minimum atomic E-state index is -0.0952. The molecule has 10 nitrogen and oxygen atoms in total. The largest absolute Gasteiger partial charge is 0.493 e. The number of carbonyl (C=O) groups excluding carboxylic acids is 1. The summed E-state index contributed by atoms with van der Waals surface area (Å²) < 4.78 is 34.7. The van der Waals surface area contributed by atoms with E-state index in [-0.39, 0.29) is 19.5 Å². The van der Waals surface area contributed by atoms with E-state index in [4.69, 9.17) is 28.4 Å². The standard InChI is InChI=1S/C31H33N3O7/c1-36-23-14-21-17-34(13-12-32-8-10-33(11-9-32)16-20-6-4-3-5-7-20)31(35)22-15-24(37-2)28-30(41-19-39-28)26(22)25(21)29-27(23)38-18-40-29/h3-7,14-15H,8-13,16-19H2,1-2H3. The lowest BCUT2D eigenvalue weighted by atomic mass is 9.93. The van der Waals surface area contributed by atoms with Gasteiger partial charge in [0, 0.05) is 63.5 Å². The van der Waals surface area contributed by atoms with E-state index in [1.807, 2.05) is 11.0 Å². The Hall–Kier alpha value is -4.15. The topological polar surface area (TPSA) is 82.2 Å². The van der Waals surface area contributed by atoms with E-state index in [1.54, 1.807) is 20.3 Å². The second-order valence-electron chi connectivity index (χ2n) is 10.6. The van der Waals surface area contributed by atoms with Crippen molar-refractivity contribution >= 4 is 5.91 Å². The zero-order valence-corrected chi connectivity index (χ0v) is 23.3. The van der Waals surface area contributed by atoms with Crippen molar-refractivity contribution < 1.29 is 33.2 Å². The van der Waals surface area contributed by atoms with Crippen molar-refractivity contribution in [3.63, 3.8) is 0 Å². The van der Waals surface area contributed by atoms with Gasteiger partial charge in [-0.25, -0.2) is 0 Å². The first-order valence-corrected chi connectivity index (χ1v) is 13.9. The summed E-state index contributed by atoms with van der Waals surface area (Å²) in [5.74, 6) is 2.97. The molecule has 0 N–H and O–H groups in total. The molecule has 41 heavy (non-hydrogen) atoms. The number of benzene rings is 3. The summed E-state index contributed by atoms with van der Waals surface area (Å²) in [5, 5.41) is 0. The van der Waals surface area contributed by atoms with Gasteiger partial charge in [0.25, 0.3) is 5.91 Å². The maximum absolute atomic E-state index is 14.2. The van der Waals surface area contributed by atoms with Crippen molar-refractivity contribution in [2.45, 2.75) is 13.1 Å². The van der Waals surface area contributed by atoms with Crippen LogP contribution < -0.4 is 28.4 Å². The number of rotatable bonds is 7. The van der Waals surface area contributed by atoms with Crippen LogP contribution in [0.5, 0.6) is 34.5 Å². The molecule has 0 radical (unpaired) electrons. The number of nitrogens with zero attached hydrogens (tertiary/aromatic N) is 3. The van der Waals surface area contributed by atoms with Crippen LogP contribution in [0.1, 0.15) is 21.5 Å². The average molecular weight is 560 g/mol. The minimum absolute atomic E-state index is 0.0430. The fourth-order valence-corrected chi connectivity index (χ4v) is 6.15. The van der Waals surface area contributed by atoms with Crippen LogP contribution in [0.15, 0.2) is 42.5 Å². The minimum Gasteiger partial charge on any atom is -0.493 e. The Labute approximate surface area is 238 Å². The van der Waals surface area contributed by atoms with Crippen LogP contribution in [0, 0.1) is 0 Å². The van der Waals surface area contributed by atoms with Gasteiger partial charge in [-0.2, -0.15) is 0 Å². The molecule has 7 rings (SSSR count). The van der Waals surface area contributed by atoms with Gasteiger partial charge in [0.05, 0.1) is 19.8 Å². The van der Waals surface area contributed by atoms with E-state index in [0.717, 1.165) is 50.4 Å². The van der Waals surface area contributed by atoms with Crippen molar-refractivity contribution in [2.75, 3.05) is 67.1 Å². The molecule has 0 bridgehead atoms. The van der Waals surface area contributed by atoms with Gasteiger partial charge < -0.3 is 33.3 Å². The number of carbonyl (C=O) groups is 1. The van der Waals surface area contributed by atoms with E-state index in [9.17, 15) is 4.79 Å². The van der Waals surface area contributed by atoms with Crippen LogP contribution in [-0.2, 0) is 13.1 Å². The molecule has 4 aliphatic rings. The Morgan fingerprint density at radius 1 is 0.732 bits per heavy atom. The molecule has 1 amide bonds. The van der Waals surface area contributed by atoms with E-state index in [0.29, 0.717) is 58.7 Å². The average Bonchev–Trinajstić information content (AvgIpc) is 3.68. The number of methoxy groups -OCH3 is 2. The molecule has 3 aromatic rings. The molecule has 1 fully saturated rings. The highest BCUT2D eigenvalue weighted by Crippen LogP contribution is 2.57. The fraction of sp³-hybridized carbons (Fsp3) is 0.387. The highest BCUT2D eigenvalue weighted by molar-refractivity contribution is 6.07. The van der Waals surface area contributed by atoms with Gasteiger partial charge in [0.2, 0.25) is 25.1 Å². The Balaban J connectivity index is 1.17. The van der Waals surface area contributed by atoms with Gasteiger partial charge in [0.1, 0.15) is 0 Å². The van der Waals surface area contributed by atoms with Crippen LogP contribution in [-0.4, -0.2) is 87.7 Å². The summed E-state index contributed by atoms with van der Waals surface area (Å²) >= 11 is 0. The normalized spacial score (nSPS) is 17.7. The zero-order valence-electron chi connectivity index (χ0n) is 23.3. The highest BCUT2D eigenvalue weighted by atomic mass is 16.7. The lowest BCUT2D eigenvalue weighted by Crippen LogP contribution is -2.48. The van der Waals surface area contributed by atoms with E-state index in [2.05, 4.69) is 40.1 Å². The molecular weight excluding hydrogens is 526 g/mol. The van der Waals surface area contributed by atoms with Crippen LogP contribution >= 0.6 is 0 Å². The summed E-state index contributed by atoms with van der Waals surface area (Å²) in [5.41, 5.74) is 4.12. The predicted octanol–water partition coefficient (Wildman–Crippen LogP) is 3.60. The Bertz CT molecular complexity index is 1470.